The Bertz CT molecular complexity index is 500. The predicted molar refractivity (Wildman–Crippen MR) is 70.3 cm³/mol. The number of rotatable bonds is 1. The number of hydrogen-bond acceptors (Lipinski definition) is 2. The van der Waals surface area contributed by atoms with E-state index in [4.69, 9.17) is 4.74 Å². The maximum absolute atomic E-state index is 11.4. The molecule has 0 aromatic heterocycles. The lowest BCUT2D eigenvalue weighted by molar-refractivity contribution is -0.140. The average Bonchev–Trinajstić information content (AvgIpc) is 2.63. The Morgan fingerprint density at radius 1 is 1.22 bits per heavy atom. The van der Waals surface area contributed by atoms with Gasteiger partial charge in [-0.05, 0) is 25.0 Å². The summed E-state index contributed by atoms with van der Waals surface area (Å²) in [5, 5.41) is 0. The van der Waals surface area contributed by atoms with E-state index in [2.05, 4.69) is 50.3 Å². The van der Waals surface area contributed by atoms with E-state index >= 15 is 0 Å². The first kappa shape index (κ1) is 11.5. The summed E-state index contributed by atoms with van der Waals surface area (Å²) < 4.78 is 5.35. The number of carbonyl (C=O) groups is 1. The zero-order chi connectivity index (χ0) is 12.8. The van der Waals surface area contributed by atoms with Gasteiger partial charge >= 0.3 is 5.97 Å². The second kappa shape index (κ2) is 3.98. The SMILES string of the molecule is Cc1ccc([C@@H]2C=C[C@H]3OC(=O)C[C@@]3(C)C2)cc1. The Morgan fingerprint density at radius 3 is 2.67 bits per heavy atom. The molecule has 2 aliphatic rings. The summed E-state index contributed by atoms with van der Waals surface area (Å²) in [5.74, 6) is 0.345. The molecule has 0 radical (unpaired) electrons. The van der Waals surface area contributed by atoms with Gasteiger partial charge in [0.15, 0.2) is 0 Å². The van der Waals surface area contributed by atoms with Crippen molar-refractivity contribution in [2.24, 2.45) is 5.41 Å². The quantitative estimate of drug-likeness (QED) is 0.557. The first-order chi connectivity index (χ1) is 8.57. The van der Waals surface area contributed by atoms with Crippen LogP contribution in [0.2, 0.25) is 0 Å². The Kier molecular flexibility index (Phi) is 2.54. The fourth-order valence-corrected chi connectivity index (χ4v) is 3.06. The van der Waals surface area contributed by atoms with Crippen LogP contribution in [-0.4, -0.2) is 12.1 Å². The Balaban J connectivity index is 1.87. The molecule has 3 rings (SSSR count). The monoisotopic (exact) mass is 242 g/mol. The van der Waals surface area contributed by atoms with Crippen molar-refractivity contribution in [1.82, 2.24) is 0 Å². The molecule has 1 aliphatic carbocycles. The number of aryl methyl sites for hydroxylation is 1. The van der Waals surface area contributed by atoms with E-state index in [1.807, 2.05) is 0 Å². The highest BCUT2D eigenvalue weighted by atomic mass is 16.6. The molecule has 1 fully saturated rings. The molecule has 0 amide bonds. The molecule has 0 spiro atoms. The second-order valence-corrected chi connectivity index (χ2v) is 5.85. The summed E-state index contributed by atoms with van der Waals surface area (Å²) in [6, 6.07) is 8.67. The Labute approximate surface area is 108 Å². The van der Waals surface area contributed by atoms with Crippen LogP contribution in [0, 0.1) is 12.3 Å². The zero-order valence-electron chi connectivity index (χ0n) is 10.8. The van der Waals surface area contributed by atoms with Crippen LogP contribution in [0.4, 0.5) is 0 Å². The van der Waals surface area contributed by atoms with E-state index in [0.29, 0.717) is 12.3 Å². The normalized spacial score (nSPS) is 34.2. The van der Waals surface area contributed by atoms with Gasteiger partial charge in [0, 0.05) is 11.3 Å². The fourth-order valence-electron chi connectivity index (χ4n) is 3.06. The van der Waals surface area contributed by atoms with E-state index in [0.717, 1.165) is 6.42 Å². The average molecular weight is 242 g/mol. The molecule has 0 bridgehead atoms. The van der Waals surface area contributed by atoms with Crippen molar-refractivity contribution < 1.29 is 9.53 Å². The lowest BCUT2D eigenvalue weighted by atomic mass is 9.70. The van der Waals surface area contributed by atoms with Crippen molar-refractivity contribution in [3.63, 3.8) is 0 Å². The summed E-state index contributed by atoms with van der Waals surface area (Å²) in [4.78, 5) is 11.4. The number of esters is 1. The highest BCUT2D eigenvalue weighted by molar-refractivity contribution is 5.73. The standard InChI is InChI=1S/C16H18O2/c1-11-3-5-12(6-4-11)13-7-8-14-16(2,9-13)10-15(17)18-14/h3-8,13-14H,9-10H2,1-2H3/t13-,14-,16-/m1/s1. The van der Waals surface area contributed by atoms with Crippen LogP contribution in [-0.2, 0) is 9.53 Å². The summed E-state index contributed by atoms with van der Waals surface area (Å²) in [5.41, 5.74) is 2.58. The van der Waals surface area contributed by atoms with Crippen molar-refractivity contribution in [3.05, 3.63) is 47.5 Å². The molecule has 1 aromatic carbocycles. The Hall–Kier alpha value is -1.57. The number of ether oxygens (including phenoxy) is 1. The van der Waals surface area contributed by atoms with Crippen LogP contribution in [0.1, 0.15) is 36.8 Å². The molecule has 0 unspecified atom stereocenters. The number of allylic oxidation sites excluding steroid dienone is 1. The first-order valence-electron chi connectivity index (χ1n) is 6.51. The molecule has 94 valence electrons. The third kappa shape index (κ3) is 1.86. The molecular weight excluding hydrogens is 224 g/mol. The third-order valence-corrected chi connectivity index (χ3v) is 4.20. The fraction of sp³-hybridized carbons (Fsp3) is 0.438. The highest BCUT2D eigenvalue weighted by Crippen LogP contribution is 2.47. The molecular formula is C16H18O2. The van der Waals surface area contributed by atoms with Crippen LogP contribution in [0.15, 0.2) is 36.4 Å². The molecule has 2 heteroatoms. The molecule has 1 saturated heterocycles. The highest BCUT2D eigenvalue weighted by Gasteiger charge is 2.47. The third-order valence-electron chi connectivity index (χ3n) is 4.20. The van der Waals surface area contributed by atoms with Gasteiger partial charge in [0.2, 0.25) is 0 Å². The van der Waals surface area contributed by atoms with E-state index in [1.54, 1.807) is 0 Å². The summed E-state index contributed by atoms with van der Waals surface area (Å²) in [7, 11) is 0. The zero-order valence-corrected chi connectivity index (χ0v) is 10.8. The van der Waals surface area contributed by atoms with Gasteiger partial charge in [-0.1, -0.05) is 42.8 Å². The van der Waals surface area contributed by atoms with Gasteiger partial charge < -0.3 is 4.74 Å². The molecule has 3 atom stereocenters. The van der Waals surface area contributed by atoms with E-state index in [-0.39, 0.29) is 17.5 Å². The molecule has 1 aliphatic heterocycles. The minimum atomic E-state index is -0.0586. The number of benzene rings is 1. The van der Waals surface area contributed by atoms with Gasteiger partial charge in [-0.3, -0.25) is 4.79 Å². The van der Waals surface area contributed by atoms with Gasteiger partial charge in [0.1, 0.15) is 6.10 Å². The van der Waals surface area contributed by atoms with Crippen molar-refractivity contribution in [2.75, 3.05) is 0 Å². The number of carbonyl (C=O) groups excluding carboxylic acids is 1. The van der Waals surface area contributed by atoms with Gasteiger partial charge in [-0.25, -0.2) is 0 Å². The van der Waals surface area contributed by atoms with E-state index in [9.17, 15) is 4.79 Å². The van der Waals surface area contributed by atoms with Gasteiger partial charge in [0.25, 0.3) is 0 Å². The minimum Gasteiger partial charge on any atom is -0.457 e. The first-order valence-corrected chi connectivity index (χ1v) is 6.51. The molecule has 2 nitrogen and oxygen atoms in total. The van der Waals surface area contributed by atoms with Gasteiger partial charge in [-0.2, -0.15) is 0 Å². The maximum atomic E-state index is 11.4. The summed E-state index contributed by atoms with van der Waals surface area (Å²) in [6.45, 7) is 4.26. The van der Waals surface area contributed by atoms with Crippen LogP contribution >= 0.6 is 0 Å². The predicted octanol–water partition coefficient (Wildman–Crippen LogP) is 3.36. The van der Waals surface area contributed by atoms with E-state index in [1.165, 1.54) is 11.1 Å². The van der Waals surface area contributed by atoms with Crippen molar-refractivity contribution in [3.8, 4) is 0 Å². The van der Waals surface area contributed by atoms with Crippen LogP contribution in [0.5, 0.6) is 0 Å². The lowest BCUT2D eigenvalue weighted by Gasteiger charge is -2.34. The largest absolute Gasteiger partial charge is 0.457 e. The molecule has 1 aromatic rings. The molecule has 18 heavy (non-hydrogen) atoms. The van der Waals surface area contributed by atoms with Crippen LogP contribution in [0.3, 0.4) is 0 Å². The van der Waals surface area contributed by atoms with E-state index < -0.39 is 0 Å². The maximum Gasteiger partial charge on any atom is 0.307 e. The molecule has 0 saturated carbocycles. The van der Waals surface area contributed by atoms with Crippen LogP contribution < -0.4 is 0 Å². The second-order valence-electron chi connectivity index (χ2n) is 5.85. The van der Waals surface area contributed by atoms with Crippen molar-refractivity contribution in [2.45, 2.75) is 38.7 Å². The van der Waals surface area contributed by atoms with Gasteiger partial charge in [-0.15, -0.1) is 0 Å². The summed E-state index contributed by atoms with van der Waals surface area (Å²) >= 11 is 0. The summed E-state index contributed by atoms with van der Waals surface area (Å²) in [6.07, 6.45) is 5.77. The number of fused-ring (bicyclic) bond motifs is 1. The molecule has 1 heterocycles. The van der Waals surface area contributed by atoms with Crippen LogP contribution in [0.25, 0.3) is 0 Å². The van der Waals surface area contributed by atoms with Crippen molar-refractivity contribution >= 4 is 5.97 Å². The van der Waals surface area contributed by atoms with Gasteiger partial charge in [0.05, 0.1) is 6.42 Å². The van der Waals surface area contributed by atoms with Crippen molar-refractivity contribution in [1.29, 1.82) is 0 Å². The number of hydrogen-bond donors (Lipinski definition) is 0. The minimum absolute atomic E-state index is 0.0216. The Morgan fingerprint density at radius 2 is 1.94 bits per heavy atom. The lowest BCUT2D eigenvalue weighted by Crippen LogP contribution is -2.31. The molecule has 0 N–H and O–H groups in total. The smallest absolute Gasteiger partial charge is 0.307 e. The topological polar surface area (TPSA) is 26.3 Å².